The lowest BCUT2D eigenvalue weighted by Gasteiger charge is -2.22. The maximum atomic E-state index is 14.2. The molecule has 0 saturated heterocycles. The van der Waals surface area contributed by atoms with Crippen LogP contribution in [0.25, 0.3) is 11.1 Å². The first kappa shape index (κ1) is 51.7. The van der Waals surface area contributed by atoms with Crippen molar-refractivity contribution in [2.24, 2.45) is 0 Å². The summed E-state index contributed by atoms with van der Waals surface area (Å²) in [5.41, 5.74) is 4.83. The molecular formula is C54H53O17P. The van der Waals surface area contributed by atoms with E-state index < -0.39 is 7.82 Å². The number of carbonyl (C=O) groups is 2. The van der Waals surface area contributed by atoms with Crippen molar-refractivity contribution in [2.45, 2.75) is 13.2 Å². The molecule has 0 aliphatic carbocycles. The van der Waals surface area contributed by atoms with Crippen molar-refractivity contribution >= 4 is 30.5 Å². The monoisotopic (exact) mass is 1000 g/mol. The molecule has 2 aliphatic rings. The van der Waals surface area contributed by atoms with Crippen molar-refractivity contribution in [3.8, 4) is 69.0 Å². The van der Waals surface area contributed by atoms with Gasteiger partial charge in [-0.1, -0.05) is 72.8 Å². The number of rotatable bonds is 18. The van der Waals surface area contributed by atoms with Gasteiger partial charge < -0.3 is 57.0 Å². The molecular weight excluding hydrogens is 952 g/mol. The fourth-order valence-corrected chi connectivity index (χ4v) is 8.89. The number of carbonyl (C=O) groups excluding carboxylic acids is 2. The minimum absolute atomic E-state index is 0.0271. The third kappa shape index (κ3) is 11.6. The van der Waals surface area contributed by atoms with Gasteiger partial charge in [0.1, 0.15) is 0 Å². The van der Waals surface area contributed by atoms with Crippen molar-refractivity contribution in [2.75, 3.05) is 70.1 Å². The molecule has 0 unspecified atom stereocenters. The number of phenolic OH excluding ortho intramolecular Hbond substituents is 1. The van der Waals surface area contributed by atoms with Gasteiger partial charge in [-0.05, 0) is 82.0 Å². The Bertz CT molecular complexity index is 2980. The minimum Gasteiger partial charge on any atom is -0.504 e. The van der Waals surface area contributed by atoms with Gasteiger partial charge in [-0.2, -0.15) is 0 Å². The van der Waals surface area contributed by atoms with E-state index in [4.69, 9.17) is 60.9 Å². The Balaban J connectivity index is 0.000000240. The highest BCUT2D eigenvalue weighted by atomic mass is 31.2. The van der Waals surface area contributed by atoms with Crippen LogP contribution >= 0.6 is 7.82 Å². The molecule has 6 aromatic rings. The highest BCUT2D eigenvalue weighted by Gasteiger charge is 2.33. The molecule has 376 valence electrons. The number of fused-ring (bicyclic) bond motifs is 2. The van der Waals surface area contributed by atoms with Crippen molar-refractivity contribution in [3.63, 3.8) is 0 Å². The Morgan fingerprint density at radius 2 is 0.889 bits per heavy atom. The van der Waals surface area contributed by atoms with Gasteiger partial charge in [-0.15, -0.1) is 0 Å². The van der Waals surface area contributed by atoms with E-state index in [0.29, 0.717) is 79.4 Å². The Kier molecular flexibility index (Phi) is 17.0. The Labute approximate surface area is 416 Å². The first-order valence-electron chi connectivity index (χ1n) is 22.0. The molecule has 0 aromatic heterocycles. The average Bonchev–Trinajstić information content (AvgIpc) is 3.69. The third-order valence-electron chi connectivity index (χ3n) is 11.1. The molecule has 1 N–H and O–H groups in total. The van der Waals surface area contributed by atoms with Crippen LogP contribution in [0.4, 0.5) is 0 Å². The van der Waals surface area contributed by atoms with Crippen LogP contribution in [-0.4, -0.2) is 86.8 Å². The van der Waals surface area contributed by atoms with Crippen LogP contribution in [0.5, 0.6) is 69.0 Å². The normalized spacial score (nSPS) is 12.8. The number of hydrogen-bond acceptors (Lipinski definition) is 17. The van der Waals surface area contributed by atoms with Crippen LogP contribution in [0.2, 0.25) is 0 Å². The second-order valence-electron chi connectivity index (χ2n) is 15.5. The number of aromatic hydroxyl groups is 1. The molecule has 0 amide bonds. The Morgan fingerprint density at radius 3 is 1.29 bits per heavy atom. The number of ketones is 2. The molecule has 0 fully saturated rings. The smallest absolute Gasteiger partial charge is 0.504 e. The van der Waals surface area contributed by atoms with Gasteiger partial charge in [0, 0.05) is 11.1 Å². The van der Waals surface area contributed by atoms with Crippen molar-refractivity contribution in [1.82, 2.24) is 0 Å². The maximum absolute atomic E-state index is 14.2. The summed E-state index contributed by atoms with van der Waals surface area (Å²) in [6.45, 7) is -0.427. The lowest BCUT2D eigenvalue weighted by molar-refractivity contribution is -0.117. The van der Waals surface area contributed by atoms with Crippen molar-refractivity contribution < 1.29 is 80.2 Å². The summed E-state index contributed by atoms with van der Waals surface area (Å²) < 4.78 is 87.1. The molecule has 17 nitrogen and oxygen atoms in total. The molecule has 2 heterocycles. The molecule has 72 heavy (non-hydrogen) atoms. The van der Waals surface area contributed by atoms with Gasteiger partial charge >= 0.3 is 7.82 Å². The van der Waals surface area contributed by atoms with E-state index in [1.807, 2.05) is 60.7 Å². The minimum atomic E-state index is -4.24. The number of ether oxygens (including phenoxy) is 10. The SMILES string of the molecule is COc1ccc(C2=CC(=O)COc3c2cc(OC)c(OC)c3OC)cc1O.COc1ccc(C2=CC(=O)COc3c2cc(OC)c(OC)c3OC)cc1OP(=O)(OCc1ccccc1)OCc1ccccc1. The zero-order valence-electron chi connectivity index (χ0n) is 40.8. The van der Waals surface area contributed by atoms with E-state index in [0.717, 1.165) is 11.1 Å². The van der Waals surface area contributed by atoms with Gasteiger partial charge in [0.2, 0.25) is 23.0 Å². The van der Waals surface area contributed by atoms with Crippen LogP contribution in [0.3, 0.4) is 0 Å². The largest absolute Gasteiger partial charge is 0.530 e. The number of methoxy groups -OCH3 is 8. The van der Waals surface area contributed by atoms with Crippen LogP contribution in [-0.2, 0) is 36.4 Å². The van der Waals surface area contributed by atoms with E-state index in [2.05, 4.69) is 0 Å². The van der Waals surface area contributed by atoms with Gasteiger partial charge in [-0.3, -0.25) is 18.6 Å². The summed E-state index contributed by atoms with van der Waals surface area (Å²) in [6, 6.07) is 31.8. The van der Waals surface area contributed by atoms with E-state index in [1.165, 1.54) is 75.1 Å². The predicted octanol–water partition coefficient (Wildman–Crippen LogP) is 9.85. The summed E-state index contributed by atoms with van der Waals surface area (Å²) in [5, 5.41) is 10.2. The molecule has 0 bridgehead atoms. The number of benzene rings is 6. The second kappa shape index (κ2) is 23.7. The Hall–Kier alpha value is -8.11. The van der Waals surface area contributed by atoms with E-state index in [1.54, 1.807) is 42.5 Å². The predicted molar refractivity (Wildman–Crippen MR) is 266 cm³/mol. The van der Waals surface area contributed by atoms with Crippen molar-refractivity contribution in [1.29, 1.82) is 0 Å². The standard InChI is InChI=1S/C34H33O10P.C20H20O7/c1-37-29-16-15-25(27-18-26(35)22-41-32-28(27)19-31(38-2)33(39-3)34(32)40-4)17-30(29)44-45(36,42-20-23-11-7-5-8-12-23)43-21-24-13-9-6-10-14-24;1-23-16-6-5-11(7-15(16)22)13-8-12(21)10-27-18-14(13)9-17(24-2)19(25-3)20(18)26-4/h5-19H,20-22H2,1-4H3;5-9,22H,10H2,1-4H3. The van der Waals surface area contributed by atoms with Crippen LogP contribution in [0.15, 0.2) is 121 Å². The molecule has 0 atom stereocenters. The molecule has 0 saturated carbocycles. The fraction of sp³-hybridized carbons (Fsp3) is 0.222. The maximum Gasteiger partial charge on any atom is 0.530 e. The first-order valence-corrected chi connectivity index (χ1v) is 23.5. The van der Waals surface area contributed by atoms with E-state index >= 15 is 0 Å². The Morgan fingerprint density at radius 1 is 0.472 bits per heavy atom. The second-order valence-corrected chi connectivity index (χ2v) is 17.1. The van der Waals surface area contributed by atoms with Crippen LogP contribution < -0.4 is 51.9 Å². The zero-order chi connectivity index (χ0) is 51.4. The number of hydrogen-bond donors (Lipinski definition) is 1. The molecule has 0 spiro atoms. The summed E-state index contributed by atoms with van der Waals surface area (Å²) in [7, 11) is 7.62. The summed E-state index contributed by atoms with van der Waals surface area (Å²) in [5.74, 6) is 2.86. The summed E-state index contributed by atoms with van der Waals surface area (Å²) in [6.07, 6.45) is 2.93. The van der Waals surface area contributed by atoms with Gasteiger partial charge in [0.25, 0.3) is 0 Å². The van der Waals surface area contributed by atoms with Crippen LogP contribution in [0, 0.1) is 0 Å². The first-order chi connectivity index (χ1) is 34.9. The molecule has 6 aromatic carbocycles. The zero-order valence-corrected chi connectivity index (χ0v) is 41.7. The average molecular weight is 1000 g/mol. The highest BCUT2D eigenvalue weighted by Crippen LogP contribution is 2.55. The summed E-state index contributed by atoms with van der Waals surface area (Å²) in [4.78, 5) is 25.1. The number of phosphoric acid groups is 1. The van der Waals surface area contributed by atoms with Gasteiger partial charge in [-0.25, -0.2) is 4.57 Å². The van der Waals surface area contributed by atoms with E-state index in [9.17, 15) is 19.3 Å². The fourth-order valence-electron chi connectivity index (χ4n) is 7.71. The molecule has 18 heteroatoms. The molecule has 0 radical (unpaired) electrons. The van der Waals surface area contributed by atoms with Crippen LogP contribution in [0.1, 0.15) is 33.4 Å². The topological polar surface area (TPSA) is 191 Å². The summed E-state index contributed by atoms with van der Waals surface area (Å²) >= 11 is 0. The van der Waals surface area contributed by atoms with E-state index in [-0.39, 0.29) is 61.0 Å². The molecule has 8 rings (SSSR count). The highest BCUT2D eigenvalue weighted by molar-refractivity contribution is 7.48. The number of phenols is 1. The lowest BCUT2D eigenvalue weighted by atomic mass is 9.95. The van der Waals surface area contributed by atoms with Crippen molar-refractivity contribution in [3.05, 3.63) is 155 Å². The lowest BCUT2D eigenvalue weighted by Crippen LogP contribution is -2.08. The molecule has 2 aliphatic heterocycles. The number of phosphoric ester groups is 1. The third-order valence-corrected chi connectivity index (χ3v) is 12.4. The van der Waals surface area contributed by atoms with Gasteiger partial charge in [0.15, 0.2) is 70.8 Å². The van der Waals surface area contributed by atoms with Gasteiger partial charge in [0.05, 0.1) is 70.1 Å². The quantitative estimate of drug-likeness (QED) is 0.0799.